The third-order valence-electron chi connectivity index (χ3n) is 6.34. The van der Waals surface area contributed by atoms with Gasteiger partial charge in [-0.3, -0.25) is 14.5 Å². The van der Waals surface area contributed by atoms with Gasteiger partial charge in [-0.25, -0.2) is 4.39 Å². The first-order chi connectivity index (χ1) is 14.6. The average molecular weight is 419 g/mol. The number of amides is 2. The maximum atomic E-state index is 13.3. The lowest BCUT2D eigenvalue weighted by atomic mass is 10.1. The van der Waals surface area contributed by atoms with Crippen molar-refractivity contribution < 1.29 is 18.7 Å². The number of hydrogen-bond acceptors (Lipinski definition) is 5. The molecule has 0 aromatic heterocycles. The number of rotatable bonds is 7. The number of carbonyl (C=O) groups excluding carboxylic acids is 2. The maximum Gasteiger partial charge on any atom is 0.249 e. The summed E-state index contributed by atoms with van der Waals surface area (Å²) in [5.41, 5.74) is 1.05. The van der Waals surface area contributed by atoms with E-state index in [9.17, 15) is 14.0 Å². The minimum Gasteiger partial charge on any atom is -0.375 e. The summed E-state index contributed by atoms with van der Waals surface area (Å²) < 4.78 is 18.4. The number of halogens is 1. The number of nitrogens with zero attached hydrogens (tertiary/aromatic N) is 3. The summed E-state index contributed by atoms with van der Waals surface area (Å²) in [6.07, 6.45) is 2.89. The Hall–Kier alpha value is -2.03. The van der Waals surface area contributed by atoms with Gasteiger partial charge in [-0.1, -0.05) is 12.1 Å². The molecule has 2 saturated heterocycles. The molecule has 3 aliphatic rings. The summed E-state index contributed by atoms with van der Waals surface area (Å²) in [6.45, 7) is 4.14. The van der Waals surface area contributed by atoms with E-state index in [0.29, 0.717) is 38.6 Å². The van der Waals surface area contributed by atoms with E-state index < -0.39 is 6.04 Å². The van der Waals surface area contributed by atoms with Crippen LogP contribution in [0.25, 0.3) is 0 Å². The molecule has 2 heterocycles. The number of nitrogens with one attached hydrogen (secondary N) is 1. The smallest absolute Gasteiger partial charge is 0.249 e. The summed E-state index contributed by atoms with van der Waals surface area (Å²) in [6, 6.07) is 6.74. The second-order valence-corrected chi connectivity index (χ2v) is 8.49. The zero-order valence-corrected chi connectivity index (χ0v) is 17.6. The molecule has 30 heavy (non-hydrogen) atoms. The van der Waals surface area contributed by atoms with Crippen molar-refractivity contribution in [2.75, 3.05) is 46.4 Å². The van der Waals surface area contributed by atoms with Crippen molar-refractivity contribution in [3.05, 3.63) is 35.6 Å². The van der Waals surface area contributed by atoms with E-state index in [1.807, 2.05) is 17.0 Å². The third kappa shape index (κ3) is 4.82. The summed E-state index contributed by atoms with van der Waals surface area (Å²) in [5.74, 6) is -0.331. The van der Waals surface area contributed by atoms with Crippen LogP contribution in [0, 0.1) is 5.82 Å². The summed E-state index contributed by atoms with van der Waals surface area (Å²) in [7, 11) is 1.50. The van der Waals surface area contributed by atoms with E-state index in [-0.39, 0.29) is 30.3 Å². The van der Waals surface area contributed by atoms with Gasteiger partial charge in [0.15, 0.2) is 0 Å². The molecule has 1 aromatic carbocycles. The third-order valence-corrected chi connectivity index (χ3v) is 6.34. The molecule has 0 bridgehead atoms. The topological polar surface area (TPSA) is 65.1 Å². The predicted molar refractivity (Wildman–Crippen MR) is 110 cm³/mol. The van der Waals surface area contributed by atoms with Crippen LogP contribution in [-0.2, 0) is 20.9 Å². The van der Waals surface area contributed by atoms with Crippen LogP contribution in [0.15, 0.2) is 24.3 Å². The van der Waals surface area contributed by atoms with Crippen LogP contribution in [0.5, 0.6) is 0 Å². The van der Waals surface area contributed by atoms with Crippen molar-refractivity contribution in [3.8, 4) is 0 Å². The van der Waals surface area contributed by atoms with Crippen LogP contribution in [0.4, 0.5) is 4.39 Å². The molecule has 3 fully saturated rings. The zero-order valence-electron chi connectivity index (χ0n) is 17.6. The molecule has 2 unspecified atom stereocenters. The van der Waals surface area contributed by atoms with E-state index in [1.54, 1.807) is 4.90 Å². The minimum absolute atomic E-state index is 0.0144. The van der Waals surface area contributed by atoms with E-state index in [1.165, 1.54) is 19.2 Å². The summed E-state index contributed by atoms with van der Waals surface area (Å²) in [4.78, 5) is 32.0. The fraction of sp³-hybridized carbons (Fsp3) is 0.636. The largest absolute Gasteiger partial charge is 0.375 e. The highest BCUT2D eigenvalue weighted by atomic mass is 19.1. The SMILES string of the molecule is COCC(=O)N1CC(N(Cc2ccc(F)cc2)C2CC2)CC1C(=O)N1CCNCC1. The Bertz CT molecular complexity index is 749. The van der Waals surface area contributed by atoms with Crippen molar-refractivity contribution in [2.24, 2.45) is 0 Å². The molecule has 2 aliphatic heterocycles. The lowest BCUT2D eigenvalue weighted by Gasteiger charge is -2.32. The van der Waals surface area contributed by atoms with Gasteiger partial charge >= 0.3 is 0 Å². The van der Waals surface area contributed by atoms with Gasteiger partial charge in [0.2, 0.25) is 11.8 Å². The highest BCUT2D eigenvalue weighted by molar-refractivity contribution is 5.89. The standard InChI is InChI=1S/C22H31FN4O3/c1-30-15-21(28)27-14-19(12-20(27)22(29)25-10-8-24-9-11-25)26(18-6-7-18)13-16-2-4-17(23)5-3-16/h2-5,18-20,24H,6-15H2,1H3. The Morgan fingerprint density at radius 2 is 1.87 bits per heavy atom. The maximum absolute atomic E-state index is 13.3. The number of piperazine rings is 1. The zero-order chi connectivity index (χ0) is 21.1. The number of ether oxygens (including phenoxy) is 1. The van der Waals surface area contributed by atoms with Crippen molar-refractivity contribution in [1.82, 2.24) is 20.0 Å². The van der Waals surface area contributed by atoms with Crippen molar-refractivity contribution >= 4 is 11.8 Å². The molecule has 8 heteroatoms. The van der Waals surface area contributed by atoms with Crippen molar-refractivity contribution in [1.29, 1.82) is 0 Å². The van der Waals surface area contributed by atoms with Gasteiger partial charge in [0.1, 0.15) is 18.5 Å². The first-order valence-corrected chi connectivity index (χ1v) is 10.8. The molecule has 1 aromatic rings. The Morgan fingerprint density at radius 1 is 1.17 bits per heavy atom. The molecule has 2 atom stereocenters. The quantitative estimate of drug-likeness (QED) is 0.711. The minimum atomic E-state index is -0.440. The predicted octanol–water partition coefficient (Wildman–Crippen LogP) is 0.838. The fourth-order valence-electron chi connectivity index (χ4n) is 4.63. The summed E-state index contributed by atoms with van der Waals surface area (Å²) >= 11 is 0. The molecule has 4 rings (SSSR count). The molecule has 0 spiro atoms. The molecular formula is C22H31FN4O3. The van der Waals surface area contributed by atoms with Crippen LogP contribution in [0.2, 0.25) is 0 Å². The van der Waals surface area contributed by atoms with E-state index >= 15 is 0 Å². The van der Waals surface area contributed by atoms with Gasteiger partial charge in [0, 0.05) is 58.5 Å². The Morgan fingerprint density at radius 3 is 2.50 bits per heavy atom. The number of likely N-dealkylation sites (tertiary alicyclic amines) is 1. The number of benzene rings is 1. The van der Waals surface area contributed by atoms with Crippen LogP contribution >= 0.6 is 0 Å². The van der Waals surface area contributed by atoms with E-state index in [4.69, 9.17) is 4.74 Å². The van der Waals surface area contributed by atoms with Crippen LogP contribution in [-0.4, -0.2) is 91.1 Å². The van der Waals surface area contributed by atoms with Gasteiger partial charge in [0.05, 0.1) is 0 Å². The van der Waals surface area contributed by atoms with Gasteiger partial charge < -0.3 is 19.9 Å². The second kappa shape index (κ2) is 9.41. The highest BCUT2D eigenvalue weighted by Crippen LogP contribution is 2.35. The highest BCUT2D eigenvalue weighted by Gasteiger charge is 2.46. The van der Waals surface area contributed by atoms with Gasteiger partial charge in [-0.05, 0) is 37.0 Å². The lowest BCUT2D eigenvalue weighted by Crippen LogP contribution is -2.53. The second-order valence-electron chi connectivity index (χ2n) is 8.49. The molecule has 1 aliphatic carbocycles. The number of carbonyl (C=O) groups is 2. The van der Waals surface area contributed by atoms with Crippen LogP contribution in [0.3, 0.4) is 0 Å². The van der Waals surface area contributed by atoms with Gasteiger partial charge in [0.25, 0.3) is 0 Å². The van der Waals surface area contributed by atoms with Crippen molar-refractivity contribution in [3.63, 3.8) is 0 Å². The molecule has 7 nitrogen and oxygen atoms in total. The van der Waals surface area contributed by atoms with E-state index in [2.05, 4.69) is 10.2 Å². The normalized spacial score (nSPS) is 24.5. The Kier molecular flexibility index (Phi) is 6.65. The Labute approximate surface area is 177 Å². The lowest BCUT2D eigenvalue weighted by molar-refractivity contribution is -0.146. The molecule has 1 saturated carbocycles. The number of hydrogen-bond donors (Lipinski definition) is 1. The van der Waals surface area contributed by atoms with Gasteiger partial charge in [-0.15, -0.1) is 0 Å². The molecule has 2 amide bonds. The van der Waals surface area contributed by atoms with Crippen molar-refractivity contribution in [2.45, 2.75) is 43.9 Å². The molecule has 1 N–H and O–H groups in total. The molecule has 0 radical (unpaired) electrons. The molecule has 164 valence electrons. The average Bonchev–Trinajstić information content (AvgIpc) is 3.51. The number of methoxy groups -OCH3 is 1. The van der Waals surface area contributed by atoms with Crippen LogP contribution in [0.1, 0.15) is 24.8 Å². The summed E-state index contributed by atoms with van der Waals surface area (Å²) in [5, 5.41) is 3.27. The first-order valence-electron chi connectivity index (χ1n) is 10.8. The first kappa shape index (κ1) is 21.2. The fourth-order valence-corrected chi connectivity index (χ4v) is 4.63. The Balaban J connectivity index is 1.51. The van der Waals surface area contributed by atoms with Gasteiger partial charge in [-0.2, -0.15) is 0 Å². The molecular weight excluding hydrogens is 387 g/mol. The monoisotopic (exact) mass is 418 g/mol. The van der Waals surface area contributed by atoms with Crippen LogP contribution < -0.4 is 5.32 Å². The van der Waals surface area contributed by atoms with E-state index in [0.717, 1.165) is 31.5 Å².